The largest absolute Gasteiger partial charge is 0.493 e. The van der Waals surface area contributed by atoms with Crippen molar-refractivity contribution in [2.45, 2.75) is 45.7 Å². The van der Waals surface area contributed by atoms with Crippen LogP contribution in [0.15, 0.2) is 18.2 Å². The molecule has 5 nitrogen and oxygen atoms in total. The van der Waals surface area contributed by atoms with Crippen LogP contribution < -0.4 is 15.4 Å². The van der Waals surface area contributed by atoms with E-state index in [1.54, 1.807) is 0 Å². The number of benzene rings is 1. The first-order valence-electron chi connectivity index (χ1n) is 8.52. The topological polar surface area (TPSA) is 59.6 Å². The van der Waals surface area contributed by atoms with Crippen molar-refractivity contribution in [3.63, 3.8) is 0 Å². The lowest BCUT2D eigenvalue weighted by molar-refractivity contribution is -0.126. The van der Waals surface area contributed by atoms with Crippen molar-refractivity contribution in [1.29, 1.82) is 0 Å². The second-order valence-corrected chi connectivity index (χ2v) is 5.97. The maximum absolute atomic E-state index is 12.2. The molecule has 128 valence electrons. The summed E-state index contributed by atoms with van der Waals surface area (Å²) < 4.78 is 11.2. The zero-order chi connectivity index (χ0) is 16.5. The van der Waals surface area contributed by atoms with Gasteiger partial charge in [-0.1, -0.05) is 31.9 Å². The number of nitrogens with one attached hydrogen (secondary N) is 2. The number of hydrogen-bond donors (Lipinski definition) is 2. The van der Waals surface area contributed by atoms with Gasteiger partial charge in [0.05, 0.1) is 19.8 Å². The summed E-state index contributed by atoms with van der Waals surface area (Å²) in [5.74, 6) is 0.844. The number of carbonyl (C=O) groups is 1. The molecule has 1 fully saturated rings. The van der Waals surface area contributed by atoms with Crippen LogP contribution in [0.25, 0.3) is 0 Å². The Morgan fingerprint density at radius 2 is 2.30 bits per heavy atom. The van der Waals surface area contributed by atoms with E-state index in [0.717, 1.165) is 29.9 Å². The summed E-state index contributed by atoms with van der Waals surface area (Å²) in [6, 6.07) is 5.84. The van der Waals surface area contributed by atoms with Crippen LogP contribution in [0.3, 0.4) is 0 Å². The Bertz CT molecular complexity index is 499. The van der Waals surface area contributed by atoms with Gasteiger partial charge in [0.25, 0.3) is 0 Å². The fraction of sp³-hybridized carbons (Fsp3) is 0.611. The number of ether oxygens (including phenoxy) is 2. The minimum Gasteiger partial charge on any atom is -0.493 e. The number of morpholine rings is 1. The highest BCUT2D eigenvalue weighted by Crippen LogP contribution is 2.21. The van der Waals surface area contributed by atoms with E-state index >= 15 is 0 Å². The van der Waals surface area contributed by atoms with Crippen molar-refractivity contribution in [3.05, 3.63) is 29.3 Å². The standard InChI is InChI=1S/C18H28N2O3/c1-3-4-5-9-23-17-11-14(2)6-7-15(17)12-20-18(21)16-13-22-10-8-19-16/h6-7,11,16,19H,3-5,8-10,12-13H2,1-2H3,(H,20,21). The number of carbonyl (C=O) groups excluding carboxylic acids is 1. The second kappa shape index (κ2) is 9.53. The van der Waals surface area contributed by atoms with E-state index in [0.29, 0.717) is 26.3 Å². The molecular formula is C18H28N2O3. The van der Waals surface area contributed by atoms with Crippen molar-refractivity contribution in [3.8, 4) is 5.75 Å². The Hall–Kier alpha value is -1.59. The molecule has 2 N–H and O–H groups in total. The predicted octanol–water partition coefficient (Wildman–Crippen LogP) is 2.17. The molecule has 5 heteroatoms. The molecule has 23 heavy (non-hydrogen) atoms. The van der Waals surface area contributed by atoms with E-state index in [2.05, 4.69) is 17.6 Å². The first kappa shape index (κ1) is 17.8. The van der Waals surface area contributed by atoms with Crippen molar-refractivity contribution in [2.75, 3.05) is 26.4 Å². The highest BCUT2D eigenvalue weighted by atomic mass is 16.5. The number of aryl methyl sites for hydroxylation is 1. The Kier molecular flexibility index (Phi) is 7.36. The molecule has 0 aromatic heterocycles. The first-order valence-corrected chi connectivity index (χ1v) is 8.52. The number of unbranched alkanes of at least 4 members (excludes halogenated alkanes) is 2. The fourth-order valence-corrected chi connectivity index (χ4v) is 2.52. The molecule has 1 saturated heterocycles. The lowest BCUT2D eigenvalue weighted by Crippen LogP contribution is -2.51. The van der Waals surface area contributed by atoms with Gasteiger partial charge in [0.2, 0.25) is 5.91 Å². The van der Waals surface area contributed by atoms with Crippen LogP contribution in [0.2, 0.25) is 0 Å². The maximum atomic E-state index is 12.2. The third-order valence-corrected chi connectivity index (χ3v) is 3.92. The van der Waals surface area contributed by atoms with Gasteiger partial charge < -0.3 is 20.1 Å². The Morgan fingerprint density at radius 3 is 3.04 bits per heavy atom. The Morgan fingerprint density at radius 1 is 1.43 bits per heavy atom. The van der Waals surface area contributed by atoms with E-state index < -0.39 is 0 Å². The Labute approximate surface area is 138 Å². The van der Waals surface area contributed by atoms with Gasteiger partial charge in [0.1, 0.15) is 11.8 Å². The molecule has 0 saturated carbocycles. The van der Waals surface area contributed by atoms with Crippen LogP contribution in [0, 0.1) is 6.92 Å². The molecule has 0 bridgehead atoms. The van der Waals surface area contributed by atoms with E-state index in [4.69, 9.17) is 9.47 Å². The summed E-state index contributed by atoms with van der Waals surface area (Å²) in [6.07, 6.45) is 3.40. The van der Waals surface area contributed by atoms with Crippen LogP contribution in [0.5, 0.6) is 5.75 Å². The molecule has 1 aliphatic rings. The van der Waals surface area contributed by atoms with Gasteiger partial charge in [-0.05, 0) is 25.0 Å². The average Bonchev–Trinajstić information content (AvgIpc) is 2.58. The van der Waals surface area contributed by atoms with Gasteiger partial charge >= 0.3 is 0 Å². The van der Waals surface area contributed by atoms with E-state index in [9.17, 15) is 4.79 Å². The smallest absolute Gasteiger partial charge is 0.239 e. The van der Waals surface area contributed by atoms with Crippen molar-refractivity contribution < 1.29 is 14.3 Å². The summed E-state index contributed by atoms with van der Waals surface area (Å²) in [6.45, 7) is 7.23. The number of amides is 1. The quantitative estimate of drug-likeness (QED) is 0.721. The van der Waals surface area contributed by atoms with Crippen LogP contribution in [-0.4, -0.2) is 38.3 Å². The lowest BCUT2D eigenvalue weighted by Gasteiger charge is -2.23. The predicted molar refractivity (Wildman–Crippen MR) is 90.7 cm³/mol. The van der Waals surface area contributed by atoms with Crippen molar-refractivity contribution in [2.24, 2.45) is 0 Å². The molecular weight excluding hydrogens is 292 g/mol. The van der Waals surface area contributed by atoms with Crippen LogP contribution in [-0.2, 0) is 16.1 Å². The zero-order valence-electron chi connectivity index (χ0n) is 14.2. The molecule has 1 heterocycles. The minimum absolute atomic E-state index is 0.0257. The van der Waals surface area contributed by atoms with E-state index in [1.807, 2.05) is 25.1 Å². The highest BCUT2D eigenvalue weighted by molar-refractivity contribution is 5.82. The van der Waals surface area contributed by atoms with Crippen molar-refractivity contribution in [1.82, 2.24) is 10.6 Å². The summed E-state index contributed by atoms with van der Waals surface area (Å²) in [4.78, 5) is 12.2. The summed E-state index contributed by atoms with van der Waals surface area (Å²) in [5, 5.41) is 6.13. The van der Waals surface area contributed by atoms with Crippen molar-refractivity contribution >= 4 is 5.91 Å². The summed E-state index contributed by atoms with van der Waals surface area (Å²) in [7, 11) is 0. The molecule has 0 spiro atoms. The first-order chi connectivity index (χ1) is 11.2. The average molecular weight is 320 g/mol. The Balaban J connectivity index is 1.88. The van der Waals surface area contributed by atoms with Crippen LogP contribution in [0.4, 0.5) is 0 Å². The number of hydrogen-bond acceptors (Lipinski definition) is 4. The van der Waals surface area contributed by atoms with Gasteiger partial charge in [0, 0.05) is 18.7 Å². The molecule has 1 atom stereocenters. The highest BCUT2D eigenvalue weighted by Gasteiger charge is 2.21. The molecule has 1 aromatic rings. The van der Waals surface area contributed by atoms with Crippen LogP contribution in [0.1, 0.15) is 37.3 Å². The molecule has 1 aliphatic heterocycles. The van der Waals surface area contributed by atoms with Gasteiger partial charge in [-0.3, -0.25) is 4.79 Å². The van der Waals surface area contributed by atoms with Gasteiger partial charge in [-0.15, -0.1) is 0 Å². The van der Waals surface area contributed by atoms with Gasteiger partial charge in [-0.25, -0.2) is 0 Å². The van der Waals surface area contributed by atoms with Gasteiger partial charge in [0.15, 0.2) is 0 Å². The monoisotopic (exact) mass is 320 g/mol. The summed E-state index contributed by atoms with van der Waals surface area (Å²) >= 11 is 0. The van der Waals surface area contributed by atoms with Gasteiger partial charge in [-0.2, -0.15) is 0 Å². The molecule has 1 unspecified atom stereocenters. The molecule has 2 rings (SSSR count). The molecule has 0 aliphatic carbocycles. The normalized spacial score (nSPS) is 17.7. The summed E-state index contributed by atoms with van der Waals surface area (Å²) in [5.41, 5.74) is 2.17. The zero-order valence-corrected chi connectivity index (χ0v) is 14.2. The molecule has 1 aromatic carbocycles. The number of rotatable bonds is 8. The van der Waals surface area contributed by atoms with Crippen LogP contribution >= 0.6 is 0 Å². The van der Waals surface area contributed by atoms with E-state index in [-0.39, 0.29) is 11.9 Å². The second-order valence-electron chi connectivity index (χ2n) is 5.97. The SMILES string of the molecule is CCCCCOc1cc(C)ccc1CNC(=O)C1COCCN1. The third kappa shape index (κ3) is 5.84. The molecule has 0 radical (unpaired) electrons. The lowest BCUT2D eigenvalue weighted by atomic mass is 10.1. The third-order valence-electron chi connectivity index (χ3n) is 3.92. The molecule has 1 amide bonds. The fourth-order valence-electron chi connectivity index (χ4n) is 2.52. The van der Waals surface area contributed by atoms with E-state index in [1.165, 1.54) is 12.8 Å². The maximum Gasteiger partial charge on any atom is 0.239 e. The minimum atomic E-state index is -0.261.